The van der Waals surface area contributed by atoms with Crippen molar-refractivity contribution in [3.63, 3.8) is 0 Å². The van der Waals surface area contributed by atoms with Crippen LogP contribution in [0.15, 0.2) is 51.0 Å². The van der Waals surface area contributed by atoms with Crippen molar-refractivity contribution in [2.75, 3.05) is 6.61 Å². The molecule has 2 heterocycles. The van der Waals surface area contributed by atoms with E-state index < -0.39 is 17.2 Å². The molecule has 0 radical (unpaired) electrons. The molecular formula is C20H19BrN3O4+. The van der Waals surface area contributed by atoms with Crippen LogP contribution in [-0.4, -0.2) is 21.7 Å². The number of pyridine rings is 1. The topological polar surface area (TPSA) is 84.4 Å². The molecule has 0 aliphatic rings. The lowest BCUT2D eigenvalue weighted by Gasteiger charge is -2.13. The van der Waals surface area contributed by atoms with Gasteiger partial charge in [0.05, 0.1) is 7.05 Å². The van der Waals surface area contributed by atoms with Crippen LogP contribution in [0, 0.1) is 6.92 Å². The van der Waals surface area contributed by atoms with E-state index in [9.17, 15) is 14.4 Å². The lowest BCUT2D eigenvalue weighted by Crippen LogP contribution is -2.40. The van der Waals surface area contributed by atoms with E-state index >= 15 is 0 Å². The maximum atomic E-state index is 13.0. The Morgan fingerprint density at radius 3 is 2.46 bits per heavy atom. The normalized spacial score (nSPS) is 10.9. The maximum absolute atomic E-state index is 13.0. The Balaban J connectivity index is 2.54. The fourth-order valence-corrected chi connectivity index (χ4v) is 3.40. The van der Waals surface area contributed by atoms with Crippen LogP contribution in [0.3, 0.4) is 0 Å². The molecule has 0 saturated heterocycles. The van der Waals surface area contributed by atoms with Gasteiger partial charge in [-0.15, -0.1) is 0 Å². The zero-order valence-electron chi connectivity index (χ0n) is 15.7. The molecule has 3 aromatic rings. The summed E-state index contributed by atoms with van der Waals surface area (Å²) in [6.07, 6.45) is 1.47. The molecule has 3 rings (SSSR count). The molecule has 1 aromatic carbocycles. The lowest BCUT2D eigenvalue weighted by atomic mass is 9.96. The highest BCUT2D eigenvalue weighted by molar-refractivity contribution is 9.10. The van der Waals surface area contributed by atoms with Gasteiger partial charge < -0.3 is 4.74 Å². The number of hydrogen-bond acceptors (Lipinski definition) is 4. The van der Waals surface area contributed by atoms with Crippen LogP contribution in [0.4, 0.5) is 0 Å². The second-order valence-corrected chi connectivity index (χ2v) is 7.24. The molecule has 0 aliphatic carbocycles. The van der Waals surface area contributed by atoms with Crippen molar-refractivity contribution in [2.45, 2.75) is 6.92 Å². The largest absolute Gasteiger partial charge is 0.458 e. The van der Waals surface area contributed by atoms with Gasteiger partial charge in [-0.3, -0.25) is 4.79 Å². The number of aromatic nitrogens is 3. The van der Waals surface area contributed by atoms with Gasteiger partial charge in [0, 0.05) is 17.1 Å². The van der Waals surface area contributed by atoms with E-state index in [1.54, 1.807) is 26.1 Å². The Bertz CT molecular complexity index is 1220. The van der Waals surface area contributed by atoms with Crippen molar-refractivity contribution in [3.8, 4) is 11.1 Å². The van der Waals surface area contributed by atoms with E-state index in [1.165, 1.54) is 17.7 Å². The number of carbonyl (C=O) groups excluding carboxylic acids is 1. The standard InChI is InChI=1S/C20H18BrN3O4/c1-5-10-28-19(26)14-11(2)22-17-16(18(25)24(4)20(27)23(17)3)15(14)12-6-8-13(21)9-7-12/h5-9H,1,10H2,2-4H3/p+1. The molecule has 0 spiro atoms. The quantitative estimate of drug-likeness (QED) is 0.455. The summed E-state index contributed by atoms with van der Waals surface area (Å²) in [6, 6.07) is 7.23. The number of fused-ring (bicyclic) bond motifs is 1. The third-order valence-corrected chi connectivity index (χ3v) is 5.04. The highest BCUT2D eigenvalue weighted by Gasteiger charge is 2.28. The predicted octanol–water partition coefficient (Wildman–Crippen LogP) is 2.13. The molecule has 0 bridgehead atoms. The summed E-state index contributed by atoms with van der Waals surface area (Å²) in [7, 11) is 2.98. The second-order valence-electron chi connectivity index (χ2n) is 6.32. The van der Waals surface area contributed by atoms with Crippen molar-refractivity contribution < 1.29 is 14.5 Å². The van der Waals surface area contributed by atoms with Gasteiger partial charge >= 0.3 is 11.7 Å². The van der Waals surface area contributed by atoms with Crippen LogP contribution in [-0.2, 0) is 18.8 Å². The summed E-state index contributed by atoms with van der Waals surface area (Å²) >= 11 is 3.39. The Kier molecular flexibility index (Phi) is 5.33. The van der Waals surface area contributed by atoms with Crippen LogP contribution >= 0.6 is 15.9 Å². The molecule has 7 nitrogen and oxygen atoms in total. The molecule has 1 N–H and O–H groups in total. The third-order valence-electron chi connectivity index (χ3n) is 4.51. The molecule has 144 valence electrons. The lowest BCUT2D eigenvalue weighted by molar-refractivity contribution is -0.359. The SMILES string of the molecule is C=CCOC(=O)c1c(C)[nH+]c2c(c1-c1ccc(Br)cc1)c(=O)n(C)c(=O)n2C. The maximum Gasteiger partial charge on any atom is 0.417 e. The van der Waals surface area contributed by atoms with Gasteiger partial charge in [-0.2, -0.15) is 4.57 Å². The molecule has 28 heavy (non-hydrogen) atoms. The highest BCUT2D eigenvalue weighted by atomic mass is 79.9. The average molecular weight is 445 g/mol. The fourth-order valence-electron chi connectivity index (χ4n) is 3.14. The number of hydrogen-bond donors (Lipinski definition) is 0. The number of rotatable bonds is 4. The zero-order chi connectivity index (χ0) is 20.6. The first kappa shape index (κ1) is 19.8. The first-order chi connectivity index (χ1) is 13.3. The number of esters is 1. The molecule has 0 saturated carbocycles. The summed E-state index contributed by atoms with van der Waals surface area (Å²) < 4.78 is 8.48. The number of nitrogens with zero attached hydrogens (tertiary/aromatic N) is 2. The number of ether oxygens (including phenoxy) is 1. The van der Waals surface area contributed by atoms with Crippen LogP contribution in [0.1, 0.15) is 16.1 Å². The molecule has 0 fully saturated rings. The second kappa shape index (κ2) is 7.55. The van der Waals surface area contributed by atoms with E-state index in [0.717, 1.165) is 9.04 Å². The van der Waals surface area contributed by atoms with E-state index in [1.807, 2.05) is 12.1 Å². The Hall–Kier alpha value is -3.00. The van der Waals surface area contributed by atoms with Gasteiger partial charge in [-0.05, 0) is 24.6 Å². The van der Waals surface area contributed by atoms with E-state index in [-0.39, 0.29) is 17.6 Å². The number of halogens is 1. The van der Waals surface area contributed by atoms with Crippen LogP contribution in [0.25, 0.3) is 22.2 Å². The zero-order valence-corrected chi connectivity index (χ0v) is 17.3. The molecule has 0 atom stereocenters. The van der Waals surface area contributed by atoms with Crippen LogP contribution in [0.5, 0.6) is 0 Å². The van der Waals surface area contributed by atoms with Crippen molar-refractivity contribution >= 4 is 32.9 Å². The van der Waals surface area contributed by atoms with Crippen molar-refractivity contribution in [1.82, 2.24) is 9.13 Å². The number of carbonyl (C=O) groups is 1. The Labute approximate surface area is 169 Å². The molecule has 0 unspecified atom stereocenters. The van der Waals surface area contributed by atoms with E-state index in [2.05, 4.69) is 27.5 Å². The molecule has 2 aromatic heterocycles. The summed E-state index contributed by atoms with van der Waals surface area (Å²) in [5.41, 5.74) is 1.19. The van der Waals surface area contributed by atoms with Gasteiger partial charge in [0.2, 0.25) is 0 Å². The summed E-state index contributed by atoms with van der Waals surface area (Å²) in [5, 5.41) is 0.239. The fraction of sp³-hybridized carbons (Fsp3) is 0.200. The van der Waals surface area contributed by atoms with Gasteiger partial charge in [-0.25, -0.2) is 19.1 Å². The average Bonchev–Trinajstić information content (AvgIpc) is 2.68. The van der Waals surface area contributed by atoms with Crippen LogP contribution < -0.4 is 16.2 Å². The minimum Gasteiger partial charge on any atom is -0.458 e. The molecule has 8 heteroatoms. The highest BCUT2D eigenvalue weighted by Crippen LogP contribution is 2.31. The van der Waals surface area contributed by atoms with Crippen molar-refractivity contribution in [3.05, 3.63) is 73.5 Å². The monoisotopic (exact) mass is 444 g/mol. The Morgan fingerprint density at radius 2 is 1.86 bits per heavy atom. The predicted molar refractivity (Wildman–Crippen MR) is 109 cm³/mol. The number of H-pyrrole nitrogens is 1. The van der Waals surface area contributed by atoms with Crippen LogP contribution in [0.2, 0.25) is 0 Å². The van der Waals surface area contributed by atoms with Gasteiger partial charge in [-0.1, -0.05) is 40.7 Å². The van der Waals surface area contributed by atoms with Crippen molar-refractivity contribution in [1.29, 1.82) is 0 Å². The third kappa shape index (κ3) is 3.20. The minimum absolute atomic E-state index is 0.0430. The summed E-state index contributed by atoms with van der Waals surface area (Å²) in [5.74, 6) is -0.579. The van der Waals surface area contributed by atoms with E-state index in [4.69, 9.17) is 4.74 Å². The summed E-state index contributed by atoms with van der Waals surface area (Å²) in [4.78, 5) is 41.2. The number of benzene rings is 1. The van der Waals surface area contributed by atoms with Crippen molar-refractivity contribution in [2.24, 2.45) is 14.1 Å². The Morgan fingerprint density at radius 1 is 1.21 bits per heavy atom. The molecule has 0 aliphatic heterocycles. The molecule has 0 amide bonds. The number of aromatic amines is 1. The smallest absolute Gasteiger partial charge is 0.417 e. The van der Waals surface area contributed by atoms with Gasteiger partial charge in [0.1, 0.15) is 23.3 Å². The first-order valence-electron chi connectivity index (χ1n) is 8.47. The van der Waals surface area contributed by atoms with E-state index in [0.29, 0.717) is 22.5 Å². The number of aryl methyl sites for hydroxylation is 2. The van der Waals surface area contributed by atoms with Gasteiger partial charge in [0.25, 0.3) is 11.2 Å². The number of nitrogens with one attached hydrogen (secondary N) is 1. The summed E-state index contributed by atoms with van der Waals surface area (Å²) in [6.45, 7) is 5.30. The molecular weight excluding hydrogens is 426 g/mol. The minimum atomic E-state index is -0.579. The van der Waals surface area contributed by atoms with Gasteiger partial charge in [0.15, 0.2) is 0 Å². The first-order valence-corrected chi connectivity index (χ1v) is 9.26.